The fraction of sp³-hybridized carbons (Fsp3) is 0.462. The minimum atomic E-state index is -0.184. The Morgan fingerprint density at radius 1 is 1.37 bits per heavy atom. The lowest BCUT2D eigenvalue weighted by molar-refractivity contribution is -0.123. The number of alkyl halides is 1. The third-order valence-electron chi connectivity index (χ3n) is 2.31. The van der Waals surface area contributed by atoms with Crippen LogP contribution in [0.5, 0.6) is 5.75 Å². The summed E-state index contributed by atoms with van der Waals surface area (Å²) in [5.74, 6) is 0.422. The molecule has 0 aliphatic carbocycles. The van der Waals surface area contributed by atoms with Crippen LogP contribution in [0.4, 0.5) is 0 Å². The first-order valence-electron chi connectivity index (χ1n) is 5.90. The van der Waals surface area contributed by atoms with Crippen LogP contribution < -0.4 is 10.1 Å². The highest BCUT2D eigenvalue weighted by Crippen LogP contribution is 2.15. The van der Waals surface area contributed by atoms with Crippen molar-refractivity contribution in [3.8, 4) is 5.75 Å². The van der Waals surface area contributed by atoms with Gasteiger partial charge in [0, 0.05) is 18.7 Å². The van der Waals surface area contributed by atoms with Gasteiger partial charge in [-0.3, -0.25) is 4.79 Å². The minimum absolute atomic E-state index is 0.0289. The van der Waals surface area contributed by atoms with E-state index in [0.717, 1.165) is 0 Å². The van der Waals surface area contributed by atoms with E-state index in [0.29, 0.717) is 30.3 Å². The Balaban J connectivity index is 2.16. The summed E-state index contributed by atoms with van der Waals surface area (Å²) in [4.78, 5) is 11.5. The van der Waals surface area contributed by atoms with E-state index in [-0.39, 0.29) is 17.9 Å². The number of rotatable bonds is 8. The summed E-state index contributed by atoms with van der Waals surface area (Å²) < 4.78 is 10.2. The molecule has 1 atom stereocenters. The molecule has 0 saturated heterocycles. The van der Waals surface area contributed by atoms with Crippen LogP contribution in [0.3, 0.4) is 0 Å². The summed E-state index contributed by atoms with van der Waals surface area (Å²) in [6.07, 6.45) is 0.655. The van der Waals surface area contributed by atoms with Gasteiger partial charge in [0.2, 0.25) is 0 Å². The highest BCUT2D eigenvalue weighted by atomic mass is 35.5. The van der Waals surface area contributed by atoms with Gasteiger partial charge >= 0.3 is 0 Å². The summed E-state index contributed by atoms with van der Waals surface area (Å²) in [6.45, 7) is 0.942. The van der Waals surface area contributed by atoms with Crippen molar-refractivity contribution in [3.63, 3.8) is 0 Å². The van der Waals surface area contributed by atoms with Crippen molar-refractivity contribution in [3.05, 3.63) is 29.3 Å². The Labute approximate surface area is 123 Å². The van der Waals surface area contributed by atoms with Crippen molar-refractivity contribution < 1.29 is 14.3 Å². The molecule has 0 aliphatic rings. The molecule has 1 N–H and O–H groups in total. The van der Waals surface area contributed by atoms with Crippen LogP contribution in [0, 0.1) is 0 Å². The molecule has 19 heavy (non-hydrogen) atoms. The van der Waals surface area contributed by atoms with Gasteiger partial charge in [0.15, 0.2) is 6.61 Å². The number of amides is 1. The van der Waals surface area contributed by atoms with Crippen molar-refractivity contribution >= 4 is 29.1 Å². The van der Waals surface area contributed by atoms with Crippen LogP contribution in [-0.2, 0) is 9.53 Å². The second-order valence-corrected chi connectivity index (χ2v) is 4.99. The maximum atomic E-state index is 11.5. The molecule has 1 rings (SSSR count). The SMILES string of the molecule is COCC(Cl)CCNC(=O)COc1ccc(Cl)cc1. The number of methoxy groups -OCH3 is 1. The number of ether oxygens (including phenoxy) is 2. The Hall–Kier alpha value is -0.970. The highest BCUT2D eigenvalue weighted by molar-refractivity contribution is 6.30. The van der Waals surface area contributed by atoms with E-state index in [9.17, 15) is 4.79 Å². The minimum Gasteiger partial charge on any atom is -0.484 e. The van der Waals surface area contributed by atoms with Crippen molar-refractivity contribution in [2.75, 3.05) is 26.9 Å². The molecular weight excluding hydrogens is 289 g/mol. The molecule has 0 spiro atoms. The lowest BCUT2D eigenvalue weighted by Crippen LogP contribution is -2.31. The van der Waals surface area contributed by atoms with Crippen LogP contribution in [0.25, 0.3) is 0 Å². The summed E-state index contributed by atoms with van der Waals surface area (Å²) in [6, 6.07) is 6.83. The number of carbonyl (C=O) groups is 1. The standard InChI is InChI=1S/C13H17Cl2NO3/c1-18-8-11(15)6-7-16-13(17)9-19-12-4-2-10(14)3-5-12/h2-5,11H,6-9H2,1H3,(H,16,17). The maximum Gasteiger partial charge on any atom is 0.257 e. The molecule has 1 aromatic carbocycles. The Kier molecular flexibility index (Phi) is 7.63. The average Bonchev–Trinajstić information content (AvgIpc) is 2.38. The molecule has 4 nitrogen and oxygen atoms in total. The largest absolute Gasteiger partial charge is 0.484 e. The fourth-order valence-electron chi connectivity index (χ4n) is 1.36. The summed E-state index contributed by atoms with van der Waals surface area (Å²) >= 11 is 11.7. The second-order valence-electron chi connectivity index (χ2n) is 3.93. The van der Waals surface area contributed by atoms with Crippen molar-refractivity contribution in [2.24, 2.45) is 0 Å². The van der Waals surface area contributed by atoms with E-state index in [2.05, 4.69) is 5.32 Å². The summed E-state index contributed by atoms with van der Waals surface area (Å²) in [7, 11) is 1.59. The third kappa shape index (κ3) is 7.25. The van der Waals surface area contributed by atoms with E-state index in [1.54, 1.807) is 31.4 Å². The molecule has 0 heterocycles. The summed E-state index contributed by atoms with van der Waals surface area (Å²) in [5, 5.41) is 3.26. The van der Waals surface area contributed by atoms with Crippen molar-refractivity contribution in [1.29, 1.82) is 0 Å². The number of carbonyl (C=O) groups excluding carboxylic acids is 1. The van der Waals surface area contributed by atoms with Crippen LogP contribution in [-0.4, -0.2) is 38.2 Å². The predicted octanol–water partition coefficient (Wildman–Crippen LogP) is 2.48. The van der Waals surface area contributed by atoms with Crippen molar-refractivity contribution in [2.45, 2.75) is 11.8 Å². The molecule has 0 radical (unpaired) electrons. The first-order chi connectivity index (χ1) is 9.11. The Bertz CT molecular complexity index is 384. The van der Waals surface area contributed by atoms with Gasteiger partial charge in [-0.25, -0.2) is 0 Å². The van der Waals surface area contributed by atoms with E-state index >= 15 is 0 Å². The van der Waals surface area contributed by atoms with Gasteiger partial charge in [-0.15, -0.1) is 11.6 Å². The molecule has 6 heteroatoms. The average molecular weight is 306 g/mol. The van der Waals surface area contributed by atoms with E-state index in [1.165, 1.54) is 0 Å². The van der Waals surface area contributed by atoms with Gasteiger partial charge in [-0.05, 0) is 30.7 Å². The van der Waals surface area contributed by atoms with Crippen molar-refractivity contribution in [1.82, 2.24) is 5.32 Å². The van der Waals surface area contributed by atoms with E-state index in [1.807, 2.05) is 0 Å². The Morgan fingerprint density at radius 2 is 2.05 bits per heavy atom. The first kappa shape index (κ1) is 16.1. The molecule has 0 fully saturated rings. The molecule has 0 bridgehead atoms. The number of benzene rings is 1. The lowest BCUT2D eigenvalue weighted by atomic mass is 10.3. The normalized spacial score (nSPS) is 11.9. The zero-order valence-electron chi connectivity index (χ0n) is 10.7. The van der Waals surface area contributed by atoms with Gasteiger partial charge < -0.3 is 14.8 Å². The molecule has 1 aromatic rings. The zero-order valence-corrected chi connectivity index (χ0v) is 12.2. The number of nitrogens with one attached hydrogen (secondary N) is 1. The Morgan fingerprint density at radius 3 is 2.68 bits per heavy atom. The van der Waals surface area contributed by atoms with Gasteiger partial charge in [-0.1, -0.05) is 11.6 Å². The van der Waals surface area contributed by atoms with Crippen LogP contribution in [0.15, 0.2) is 24.3 Å². The fourth-order valence-corrected chi connectivity index (χ4v) is 1.72. The van der Waals surface area contributed by atoms with Gasteiger partial charge in [-0.2, -0.15) is 0 Å². The highest BCUT2D eigenvalue weighted by Gasteiger charge is 2.06. The quantitative estimate of drug-likeness (QED) is 0.751. The molecule has 0 saturated carbocycles. The monoisotopic (exact) mass is 305 g/mol. The van der Waals surface area contributed by atoms with Gasteiger partial charge in [0.1, 0.15) is 5.75 Å². The maximum absolute atomic E-state index is 11.5. The van der Waals surface area contributed by atoms with Gasteiger partial charge in [0.25, 0.3) is 5.91 Å². The molecule has 1 unspecified atom stereocenters. The molecule has 106 valence electrons. The first-order valence-corrected chi connectivity index (χ1v) is 6.71. The van der Waals surface area contributed by atoms with Crippen LogP contribution >= 0.6 is 23.2 Å². The zero-order chi connectivity index (χ0) is 14.1. The van der Waals surface area contributed by atoms with Crippen LogP contribution in [0.1, 0.15) is 6.42 Å². The van der Waals surface area contributed by atoms with E-state index < -0.39 is 0 Å². The third-order valence-corrected chi connectivity index (χ3v) is 2.91. The topological polar surface area (TPSA) is 47.6 Å². The lowest BCUT2D eigenvalue weighted by Gasteiger charge is -2.10. The number of halogens is 2. The smallest absolute Gasteiger partial charge is 0.257 e. The molecule has 0 aromatic heterocycles. The molecule has 1 amide bonds. The number of hydrogen-bond donors (Lipinski definition) is 1. The van der Waals surface area contributed by atoms with Gasteiger partial charge in [0.05, 0.1) is 12.0 Å². The van der Waals surface area contributed by atoms with Crippen LogP contribution in [0.2, 0.25) is 5.02 Å². The number of hydrogen-bond acceptors (Lipinski definition) is 3. The predicted molar refractivity (Wildman–Crippen MR) is 76.1 cm³/mol. The molecule has 0 aliphatic heterocycles. The summed E-state index contributed by atoms with van der Waals surface area (Å²) in [5.41, 5.74) is 0. The second kappa shape index (κ2) is 9.02. The molecular formula is C13H17Cl2NO3. The van der Waals surface area contributed by atoms with E-state index in [4.69, 9.17) is 32.7 Å².